The van der Waals surface area contributed by atoms with Crippen molar-refractivity contribution in [2.24, 2.45) is 5.92 Å². The summed E-state index contributed by atoms with van der Waals surface area (Å²) in [6, 6.07) is 7.93. The average molecular weight is 504 g/mol. The van der Waals surface area contributed by atoms with Crippen LogP contribution in [0.25, 0.3) is 0 Å². The molecule has 0 fully saturated rings. The Morgan fingerprint density at radius 3 is 2.23 bits per heavy atom. The molecule has 2 unspecified atom stereocenters. The van der Waals surface area contributed by atoms with Gasteiger partial charge in [0.15, 0.2) is 0 Å². The molecule has 192 valence electrons. The minimum atomic E-state index is -3.17. The molecule has 0 bridgehead atoms. The Labute approximate surface area is 208 Å². The van der Waals surface area contributed by atoms with E-state index in [9.17, 15) is 24.2 Å². The first-order valence-corrected chi connectivity index (χ1v) is 14.3. The number of amides is 1. The van der Waals surface area contributed by atoms with E-state index in [2.05, 4.69) is 5.32 Å². The Hall–Kier alpha value is -2.63. The number of benzene rings is 2. The number of hydrogen-bond donors (Lipinski definition) is 3. The summed E-state index contributed by atoms with van der Waals surface area (Å²) in [5.41, 5.74) is 4.77. The minimum absolute atomic E-state index is 0.0977. The summed E-state index contributed by atoms with van der Waals surface area (Å²) in [5.74, 6) is -0.817. The molecule has 0 aliphatic carbocycles. The monoisotopic (exact) mass is 503 g/mol. The number of carbonyl (C=O) groups excluding carboxylic acids is 2. The van der Waals surface area contributed by atoms with Gasteiger partial charge in [0.2, 0.25) is 7.37 Å². The van der Waals surface area contributed by atoms with E-state index in [-0.39, 0.29) is 24.1 Å². The number of phenols is 1. The fourth-order valence-electron chi connectivity index (χ4n) is 4.10. The maximum absolute atomic E-state index is 13.0. The lowest BCUT2D eigenvalue weighted by Gasteiger charge is -2.19. The zero-order chi connectivity index (χ0) is 26.3. The fourth-order valence-corrected chi connectivity index (χ4v) is 4.96. The normalized spacial score (nSPS) is 13.8. The van der Waals surface area contributed by atoms with Crippen molar-refractivity contribution in [2.75, 3.05) is 13.3 Å². The van der Waals surface area contributed by atoms with Gasteiger partial charge in [0, 0.05) is 12.8 Å². The van der Waals surface area contributed by atoms with Crippen LogP contribution in [0.2, 0.25) is 0 Å². The van der Waals surface area contributed by atoms with Crippen LogP contribution >= 0.6 is 7.37 Å². The molecule has 0 heterocycles. The van der Waals surface area contributed by atoms with Crippen molar-refractivity contribution < 1.29 is 28.9 Å². The maximum atomic E-state index is 13.0. The number of aryl methyl sites for hydroxylation is 2. The third-order valence-electron chi connectivity index (χ3n) is 5.83. The third-order valence-corrected chi connectivity index (χ3v) is 6.78. The second kappa shape index (κ2) is 12.4. The topological polar surface area (TPSA) is 113 Å². The Bertz CT molecular complexity index is 1080. The highest BCUT2D eigenvalue weighted by Gasteiger charge is 2.24. The van der Waals surface area contributed by atoms with Gasteiger partial charge in [-0.1, -0.05) is 32.0 Å². The molecule has 0 spiro atoms. The molecule has 2 aromatic carbocycles. The number of aromatic hydroxyl groups is 1. The van der Waals surface area contributed by atoms with Crippen molar-refractivity contribution in [1.82, 2.24) is 5.32 Å². The molecule has 2 atom stereocenters. The highest BCUT2D eigenvalue weighted by Crippen LogP contribution is 2.40. The first-order valence-electron chi connectivity index (χ1n) is 12.0. The molecule has 0 aromatic heterocycles. The van der Waals surface area contributed by atoms with Crippen LogP contribution in [0.3, 0.4) is 0 Å². The number of rotatable bonds is 11. The van der Waals surface area contributed by atoms with Gasteiger partial charge in [0.1, 0.15) is 11.8 Å². The van der Waals surface area contributed by atoms with Crippen molar-refractivity contribution in [3.05, 3.63) is 63.7 Å². The second-order valence-electron chi connectivity index (χ2n) is 9.69. The van der Waals surface area contributed by atoms with Crippen LogP contribution < -0.4 is 5.32 Å². The number of carbonyl (C=O) groups is 2. The van der Waals surface area contributed by atoms with E-state index in [1.807, 2.05) is 39.8 Å². The largest absolute Gasteiger partial charge is 0.507 e. The summed E-state index contributed by atoms with van der Waals surface area (Å²) < 4.78 is 16.9. The van der Waals surface area contributed by atoms with Crippen LogP contribution in [-0.2, 0) is 26.7 Å². The van der Waals surface area contributed by atoms with E-state index < -0.39 is 25.3 Å². The molecule has 3 N–H and O–H groups in total. The summed E-state index contributed by atoms with van der Waals surface area (Å²) in [7, 11) is -3.17. The number of esters is 1. The van der Waals surface area contributed by atoms with Crippen molar-refractivity contribution in [1.29, 1.82) is 0 Å². The Kier molecular flexibility index (Phi) is 10.1. The van der Waals surface area contributed by atoms with Gasteiger partial charge in [0.05, 0.1) is 12.2 Å². The SMILES string of the molecule is CCOC(=O)C(CCC(C)C)NC(=O)c1cc(Cc2c(C)cc(CP(C)(=O)O)cc2C)ccc1O. The molecule has 35 heavy (non-hydrogen) atoms. The summed E-state index contributed by atoms with van der Waals surface area (Å²) in [4.78, 5) is 35.1. The van der Waals surface area contributed by atoms with E-state index in [0.29, 0.717) is 18.8 Å². The molecule has 2 aromatic rings. The predicted molar refractivity (Wildman–Crippen MR) is 138 cm³/mol. The van der Waals surface area contributed by atoms with Gasteiger partial charge >= 0.3 is 5.97 Å². The lowest BCUT2D eigenvalue weighted by Crippen LogP contribution is -2.42. The summed E-state index contributed by atoms with van der Waals surface area (Å²) >= 11 is 0. The molecule has 0 saturated heterocycles. The first kappa shape index (κ1) is 28.6. The molecular weight excluding hydrogens is 465 g/mol. The van der Waals surface area contributed by atoms with Crippen LogP contribution in [0.1, 0.15) is 71.8 Å². The van der Waals surface area contributed by atoms with Crippen molar-refractivity contribution in [3.63, 3.8) is 0 Å². The molecule has 1 amide bonds. The van der Waals surface area contributed by atoms with Crippen LogP contribution in [-0.4, -0.2) is 41.2 Å². The molecule has 7 nitrogen and oxygen atoms in total. The molecule has 8 heteroatoms. The van der Waals surface area contributed by atoms with Gasteiger partial charge in [-0.05, 0) is 85.9 Å². The van der Waals surface area contributed by atoms with Crippen LogP contribution in [0, 0.1) is 19.8 Å². The molecular formula is C27H38NO6P. The van der Waals surface area contributed by atoms with Gasteiger partial charge in [-0.3, -0.25) is 9.36 Å². The van der Waals surface area contributed by atoms with Gasteiger partial charge in [0.25, 0.3) is 5.91 Å². The van der Waals surface area contributed by atoms with Gasteiger partial charge in [-0.15, -0.1) is 0 Å². The van der Waals surface area contributed by atoms with Crippen molar-refractivity contribution >= 4 is 19.2 Å². The quantitative estimate of drug-likeness (QED) is 0.291. The summed E-state index contributed by atoms with van der Waals surface area (Å²) in [6.45, 7) is 11.3. The lowest BCUT2D eigenvalue weighted by atomic mass is 9.93. The Balaban J connectivity index is 2.27. The van der Waals surface area contributed by atoms with Gasteiger partial charge in [-0.25, -0.2) is 4.79 Å². The zero-order valence-electron chi connectivity index (χ0n) is 21.6. The molecule has 0 saturated carbocycles. The first-order chi connectivity index (χ1) is 16.3. The second-order valence-corrected chi connectivity index (χ2v) is 12.1. The van der Waals surface area contributed by atoms with Crippen LogP contribution in [0.4, 0.5) is 0 Å². The molecule has 2 rings (SSSR count). The molecule has 0 radical (unpaired) electrons. The standard InChI is InChI=1S/C27H38NO6P/c1-7-34-27(31)24(10-8-17(2)3)28-26(30)23-15-20(9-11-25(23)29)14-22-18(4)12-21(13-19(22)5)16-35(6,32)33/h9,11-13,15,17,24,29H,7-8,10,14,16H2,1-6H3,(H,28,30)(H,32,33). The van der Waals surface area contributed by atoms with E-state index in [0.717, 1.165) is 34.2 Å². The summed E-state index contributed by atoms with van der Waals surface area (Å²) in [6.07, 6.45) is 1.84. The number of hydrogen-bond acceptors (Lipinski definition) is 5. The van der Waals surface area contributed by atoms with Gasteiger partial charge in [-0.2, -0.15) is 0 Å². The van der Waals surface area contributed by atoms with Crippen LogP contribution in [0.5, 0.6) is 5.75 Å². The van der Waals surface area contributed by atoms with E-state index in [1.54, 1.807) is 19.1 Å². The van der Waals surface area contributed by atoms with E-state index >= 15 is 0 Å². The minimum Gasteiger partial charge on any atom is -0.507 e. The lowest BCUT2D eigenvalue weighted by molar-refractivity contribution is -0.145. The molecule has 0 aliphatic rings. The van der Waals surface area contributed by atoms with E-state index in [1.165, 1.54) is 12.7 Å². The Morgan fingerprint density at radius 2 is 1.69 bits per heavy atom. The smallest absolute Gasteiger partial charge is 0.328 e. The third kappa shape index (κ3) is 8.83. The van der Waals surface area contributed by atoms with Crippen molar-refractivity contribution in [2.45, 2.75) is 66.1 Å². The van der Waals surface area contributed by atoms with Crippen LogP contribution in [0.15, 0.2) is 30.3 Å². The average Bonchev–Trinajstić information content (AvgIpc) is 2.73. The molecule has 0 aliphatic heterocycles. The maximum Gasteiger partial charge on any atom is 0.328 e. The van der Waals surface area contributed by atoms with Gasteiger partial charge < -0.3 is 20.1 Å². The Morgan fingerprint density at radius 1 is 1.06 bits per heavy atom. The summed E-state index contributed by atoms with van der Waals surface area (Å²) in [5, 5.41) is 13.1. The number of phenolic OH excluding ortho intramolecular Hbond substituents is 1. The zero-order valence-corrected chi connectivity index (χ0v) is 22.4. The van der Waals surface area contributed by atoms with E-state index in [4.69, 9.17) is 4.74 Å². The predicted octanol–water partition coefficient (Wildman–Crippen LogP) is 5.10. The highest BCUT2D eigenvalue weighted by atomic mass is 31.2. The number of nitrogens with one attached hydrogen (secondary N) is 1. The van der Waals surface area contributed by atoms with Crippen molar-refractivity contribution in [3.8, 4) is 5.75 Å². The highest BCUT2D eigenvalue weighted by molar-refractivity contribution is 7.56. The number of ether oxygens (including phenoxy) is 1. The fraction of sp³-hybridized carbons (Fsp3) is 0.481.